The van der Waals surface area contributed by atoms with Gasteiger partial charge >= 0.3 is 0 Å². The molecule has 5 nitrogen and oxygen atoms in total. The number of carbonyl (C=O) groups is 1. The Morgan fingerprint density at radius 3 is 2.24 bits per heavy atom. The number of sulfone groups is 1. The van der Waals surface area contributed by atoms with Crippen LogP contribution in [0.5, 0.6) is 0 Å². The first-order chi connectivity index (χ1) is 12.1. The minimum Gasteiger partial charge on any atom is -0.455 e. The van der Waals surface area contributed by atoms with Gasteiger partial charge in [-0.2, -0.15) is 0 Å². The Morgan fingerprint density at radius 1 is 0.920 bits per heavy atom. The van der Waals surface area contributed by atoms with E-state index in [0.29, 0.717) is 5.76 Å². The molecule has 0 bridgehead atoms. The van der Waals surface area contributed by atoms with Gasteiger partial charge in [-0.15, -0.1) is 0 Å². The summed E-state index contributed by atoms with van der Waals surface area (Å²) < 4.78 is 30.4. The van der Waals surface area contributed by atoms with E-state index in [4.69, 9.17) is 4.42 Å². The van der Waals surface area contributed by atoms with Crippen molar-refractivity contribution < 1.29 is 17.6 Å². The second-order valence-electron chi connectivity index (χ2n) is 6.40. The van der Waals surface area contributed by atoms with Gasteiger partial charge in [0.05, 0.1) is 4.90 Å². The molecule has 1 aliphatic heterocycles. The van der Waals surface area contributed by atoms with E-state index in [9.17, 15) is 13.2 Å². The fourth-order valence-corrected chi connectivity index (χ4v) is 4.34. The van der Waals surface area contributed by atoms with Crippen molar-refractivity contribution in [1.82, 2.24) is 4.90 Å². The van der Waals surface area contributed by atoms with Crippen LogP contribution in [-0.2, 0) is 15.6 Å². The summed E-state index contributed by atoms with van der Waals surface area (Å²) in [5.41, 5.74) is 0. The van der Waals surface area contributed by atoms with Crippen LogP contribution in [0.4, 0.5) is 0 Å². The molecule has 1 saturated heterocycles. The fourth-order valence-electron chi connectivity index (χ4n) is 3.08. The van der Waals surface area contributed by atoms with E-state index in [1.165, 1.54) is 6.42 Å². The summed E-state index contributed by atoms with van der Waals surface area (Å²) >= 11 is 0. The number of hydrogen-bond donors (Lipinski definition) is 0. The van der Waals surface area contributed by atoms with Gasteiger partial charge in [0.15, 0.2) is 15.6 Å². The minimum absolute atomic E-state index is 0.148. The van der Waals surface area contributed by atoms with Crippen LogP contribution in [0.3, 0.4) is 0 Å². The van der Waals surface area contributed by atoms with Crippen molar-refractivity contribution in [3.05, 3.63) is 54.0 Å². The molecule has 1 fully saturated rings. The average molecular weight is 361 g/mol. The fraction of sp³-hybridized carbons (Fsp3) is 0.421. The number of amides is 1. The molecule has 2 aromatic rings. The molecular formula is C19H23NO4S. The monoisotopic (exact) mass is 361 g/mol. The van der Waals surface area contributed by atoms with Crippen LogP contribution in [0, 0.1) is 0 Å². The SMILES string of the molecule is O=C(c1ccc(CS(=O)(=O)c2ccccc2)o1)N1CCCCCCC1. The van der Waals surface area contributed by atoms with Gasteiger partial charge < -0.3 is 9.32 Å². The smallest absolute Gasteiger partial charge is 0.289 e. The van der Waals surface area contributed by atoms with Gasteiger partial charge in [-0.05, 0) is 37.1 Å². The summed E-state index contributed by atoms with van der Waals surface area (Å²) in [6, 6.07) is 11.4. The van der Waals surface area contributed by atoms with E-state index in [-0.39, 0.29) is 22.3 Å². The molecule has 0 saturated carbocycles. The predicted molar refractivity (Wildman–Crippen MR) is 95.0 cm³/mol. The molecule has 1 aliphatic rings. The Balaban J connectivity index is 1.70. The number of hydrogen-bond acceptors (Lipinski definition) is 4. The molecule has 3 rings (SSSR count). The molecule has 0 spiro atoms. The Kier molecular flexibility index (Phi) is 5.58. The normalized spacial score (nSPS) is 16.2. The van der Waals surface area contributed by atoms with Crippen molar-refractivity contribution in [2.75, 3.05) is 13.1 Å². The maximum Gasteiger partial charge on any atom is 0.289 e. The molecule has 2 heterocycles. The third kappa shape index (κ3) is 4.51. The summed E-state index contributed by atoms with van der Waals surface area (Å²) in [6.07, 6.45) is 5.51. The standard InChI is InChI=1S/C19H23NO4S/c21-19(20-13-7-2-1-3-8-14-20)18-12-11-16(24-18)15-25(22,23)17-9-5-4-6-10-17/h4-6,9-12H,1-3,7-8,13-15H2. The Labute approximate surface area is 148 Å². The van der Waals surface area contributed by atoms with E-state index in [0.717, 1.165) is 38.8 Å². The Bertz CT molecular complexity index is 803. The van der Waals surface area contributed by atoms with E-state index < -0.39 is 9.84 Å². The minimum atomic E-state index is -3.48. The molecule has 134 valence electrons. The lowest BCUT2D eigenvalue weighted by Crippen LogP contribution is -2.33. The molecule has 1 aromatic heterocycles. The molecule has 0 N–H and O–H groups in total. The lowest BCUT2D eigenvalue weighted by atomic mass is 10.1. The zero-order chi connectivity index (χ0) is 17.7. The summed E-state index contributed by atoms with van der Waals surface area (Å²) in [6.45, 7) is 1.47. The molecule has 6 heteroatoms. The van der Waals surface area contributed by atoms with Crippen LogP contribution >= 0.6 is 0 Å². The molecule has 0 radical (unpaired) electrons. The second-order valence-corrected chi connectivity index (χ2v) is 8.39. The maximum atomic E-state index is 12.6. The molecule has 1 aromatic carbocycles. The quantitative estimate of drug-likeness (QED) is 0.833. The van der Waals surface area contributed by atoms with E-state index in [2.05, 4.69) is 0 Å². The molecule has 0 unspecified atom stereocenters. The highest BCUT2D eigenvalue weighted by atomic mass is 32.2. The molecule has 25 heavy (non-hydrogen) atoms. The van der Waals surface area contributed by atoms with Crippen molar-refractivity contribution in [3.8, 4) is 0 Å². The number of nitrogens with zero attached hydrogens (tertiary/aromatic N) is 1. The largest absolute Gasteiger partial charge is 0.455 e. The first kappa shape index (κ1) is 17.7. The highest BCUT2D eigenvalue weighted by Crippen LogP contribution is 2.20. The lowest BCUT2D eigenvalue weighted by Gasteiger charge is -2.23. The van der Waals surface area contributed by atoms with Crippen LogP contribution in [0.15, 0.2) is 51.8 Å². The highest BCUT2D eigenvalue weighted by molar-refractivity contribution is 7.90. The van der Waals surface area contributed by atoms with Gasteiger partial charge in [-0.25, -0.2) is 8.42 Å². The van der Waals surface area contributed by atoms with Crippen molar-refractivity contribution in [2.24, 2.45) is 0 Å². The van der Waals surface area contributed by atoms with Crippen LogP contribution in [0.2, 0.25) is 0 Å². The average Bonchev–Trinajstić information content (AvgIpc) is 3.03. The third-order valence-corrected chi connectivity index (χ3v) is 6.11. The van der Waals surface area contributed by atoms with E-state index >= 15 is 0 Å². The second kappa shape index (κ2) is 7.87. The van der Waals surface area contributed by atoms with Gasteiger partial charge in [-0.1, -0.05) is 37.5 Å². The number of benzene rings is 1. The number of carbonyl (C=O) groups excluding carboxylic acids is 1. The number of furan rings is 1. The predicted octanol–water partition coefficient (Wildman–Crippen LogP) is 3.66. The van der Waals surface area contributed by atoms with Crippen LogP contribution in [0.25, 0.3) is 0 Å². The maximum absolute atomic E-state index is 12.6. The summed E-state index contributed by atoms with van der Waals surface area (Å²) in [5, 5.41) is 0. The zero-order valence-electron chi connectivity index (χ0n) is 14.2. The highest BCUT2D eigenvalue weighted by Gasteiger charge is 2.22. The zero-order valence-corrected chi connectivity index (χ0v) is 15.0. The van der Waals surface area contributed by atoms with Gasteiger partial charge in [0.2, 0.25) is 0 Å². The number of rotatable bonds is 4. The Hall–Kier alpha value is -2.08. The molecule has 0 aliphatic carbocycles. The first-order valence-corrected chi connectivity index (χ1v) is 10.4. The summed E-state index contributed by atoms with van der Waals surface area (Å²) in [5.74, 6) is 0.118. The van der Waals surface area contributed by atoms with E-state index in [1.54, 1.807) is 42.5 Å². The van der Waals surface area contributed by atoms with Gasteiger partial charge in [0, 0.05) is 13.1 Å². The third-order valence-electron chi connectivity index (χ3n) is 4.45. The first-order valence-electron chi connectivity index (χ1n) is 8.72. The summed E-state index contributed by atoms with van der Waals surface area (Å²) in [4.78, 5) is 14.7. The summed E-state index contributed by atoms with van der Waals surface area (Å²) in [7, 11) is -3.48. The van der Waals surface area contributed by atoms with Crippen LogP contribution in [-0.4, -0.2) is 32.3 Å². The van der Waals surface area contributed by atoms with Crippen molar-refractivity contribution in [2.45, 2.75) is 42.8 Å². The van der Waals surface area contributed by atoms with E-state index in [1.807, 2.05) is 4.90 Å². The molecule has 0 atom stereocenters. The van der Waals surface area contributed by atoms with Crippen LogP contribution < -0.4 is 0 Å². The van der Waals surface area contributed by atoms with Crippen LogP contribution in [0.1, 0.15) is 48.4 Å². The van der Waals surface area contributed by atoms with Gasteiger partial charge in [0.25, 0.3) is 5.91 Å². The number of likely N-dealkylation sites (tertiary alicyclic amines) is 1. The molecular weight excluding hydrogens is 338 g/mol. The molecule has 1 amide bonds. The van der Waals surface area contributed by atoms with Crippen molar-refractivity contribution >= 4 is 15.7 Å². The van der Waals surface area contributed by atoms with Crippen molar-refractivity contribution in [1.29, 1.82) is 0 Å². The lowest BCUT2D eigenvalue weighted by molar-refractivity contribution is 0.0708. The topological polar surface area (TPSA) is 67.6 Å². The van der Waals surface area contributed by atoms with Gasteiger partial charge in [0.1, 0.15) is 11.5 Å². The van der Waals surface area contributed by atoms with Crippen molar-refractivity contribution in [3.63, 3.8) is 0 Å². The van der Waals surface area contributed by atoms with Gasteiger partial charge in [-0.3, -0.25) is 4.79 Å². The Morgan fingerprint density at radius 2 is 1.56 bits per heavy atom.